The molecule has 0 N–H and O–H groups in total. The van der Waals surface area contributed by atoms with Gasteiger partial charge in [0.2, 0.25) is 11.4 Å². The van der Waals surface area contributed by atoms with Gasteiger partial charge in [-0.1, -0.05) is 54.6 Å². The molecule has 0 saturated carbocycles. The molecule has 144 valence electrons. The molecule has 0 radical (unpaired) electrons. The normalized spacial score (nSPS) is 11.6. The largest absolute Gasteiger partial charge is 0.466 e. The summed E-state index contributed by atoms with van der Waals surface area (Å²) in [4.78, 5) is 3.72. The summed E-state index contributed by atoms with van der Waals surface area (Å²) < 4.78 is 16.5. The van der Waals surface area contributed by atoms with Gasteiger partial charge in [-0.05, 0) is 36.1 Å². The number of hydrogen-bond donors (Lipinski definition) is 0. The zero-order chi connectivity index (χ0) is 21.7. The Morgan fingerprint density at radius 1 is 1.00 bits per heavy atom. The Bertz CT molecular complexity index is 1530. The predicted molar refractivity (Wildman–Crippen MR) is 122 cm³/mol. The Morgan fingerprint density at radius 3 is 2.57 bits per heavy atom. The summed E-state index contributed by atoms with van der Waals surface area (Å²) >= 11 is 0. The average molecular weight is 390 g/mol. The van der Waals surface area contributed by atoms with Crippen molar-refractivity contribution in [2.45, 2.75) is 13.8 Å². The Morgan fingerprint density at radius 2 is 1.80 bits per heavy atom. The topological polar surface area (TPSA) is 21.4 Å². The first-order valence-corrected chi connectivity index (χ1v) is 9.88. The molecule has 0 amide bonds. The molecule has 0 spiro atoms. The minimum Gasteiger partial charge on any atom is -0.466 e. The molecule has 5 rings (SSSR count). The number of nitrogens with zero attached hydrogens (tertiary/aromatic N) is 2. The van der Waals surface area contributed by atoms with Gasteiger partial charge in [-0.2, -0.15) is 0 Å². The van der Waals surface area contributed by atoms with Crippen molar-refractivity contribution in [2.75, 3.05) is 0 Å². The quantitative estimate of drug-likeness (QED) is 0.237. The summed E-state index contributed by atoms with van der Waals surface area (Å²) in [6.07, 6.45) is 1.82. The predicted octanol–water partition coefficient (Wildman–Crippen LogP) is 6.91. The average Bonchev–Trinajstić information content (AvgIpc) is 3.16. The zero-order valence-electron chi connectivity index (χ0n) is 18.2. The van der Waals surface area contributed by atoms with Crippen LogP contribution >= 0.6 is 0 Å². The van der Waals surface area contributed by atoms with Crippen molar-refractivity contribution in [3.8, 4) is 22.4 Å². The molecule has 5 aromatic rings. The van der Waals surface area contributed by atoms with E-state index < -0.39 is 0 Å². The van der Waals surface area contributed by atoms with E-state index in [2.05, 4.69) is 36.0 Å². The van der Waals surface area contributed by atoms with Gasteiger partial charge in [0.05, 0.1) is 13.5 Å². The van der Waals surface area contributed by atoms with Gasteiger partial charge in [0.25, 0.3) is 0 Å². The van der Waals surface area contributed by atoms with E-state index in [0.29, 0.717) is 17.3 Å². The summed E-state index contributed by atoms with van der Waals surface area (Å²) in [5, 5.41) is 1.96. The van der Waals surface area contributed by atoms with E-state index in [4.69, 9.17) is 12.4 Å². The van der Waals surface area contributed by atoms with Gasteiger partial charge in [-0.15, -0.1) is 0 Å². The first-order valence-electron chi connectivity index (χ1n) is 10.4. The summed E-state index contributed by atoms with van der Waals surface area (Å²) in [7, 11) is 1.95. The molecule has 0 unspecified atom stereocenters. The third-order valence-corrected chi connectivity index (χ3v) is 5.66. The van der Waals surface area contributed by atoms with Crippen molar-refractivity contribution in [1.29, 1.82) is 0 Å². The summed E-state index contributed by atoms with van der Waals surface area (Å²) in [5.74, 6) is 0. The lowest BCUT2D eigenvalue weighted by molar-refractivity contribution is -0.660. The van der Waals surface area contributed by atoms with E-state index in [-0.39, 0.29) is 0 Å². The van der Waals surface area contributed by atoms with Crippen LogP contribution in [0.2, 0.25) is 0 Å². The molecule has 3 nitrogen and oxygen atoms in total. The molecule has 2 aromatic heterocycles. The van der Waals surface area contributed by atoms with Crippen molar-refractivity contribution in [1.82, 2.24) is 0 Å². The van der Waals surface area contributed by atoms with E-state index in [0.717, 1.165) is 49.9 Å². The molecule has 3 heteroatoms. The summed E-state index contributed by atoms with van der Waals surface area (Å²) in [6, 6.07) is 20.8. The molecule has 0 atom stereocenters. The van der Waals surface area contributed by atoms with Crippen LogP contribution in [0.25, 0.3) is 49.2 Å². The van der Waals surface area contributed by atoms with Gasteiger partial charge < -0.3 is 4.42 Å². The standard InChI is InChI=1S/C27H21N2O/c1-17-14-15-29(4)23(16-17)24-18(2)10-11-21-25-20(19-8-6-5-7-9-19)12-13-22(28-3)27(25)30-26(21)24/h5-16H,1-2,4H3/q+1/i14D. The molecule has 30 heavy (non-hydrogen) atoms. The van der Waals surface area contributed by atoms with Crippen LogP contribution in [0.3, 0.4) is 0 Å². The first kappa shape index (κ1) is 17.0. The highest BCUT2D eigenvalue weighted by Crippen LogP contribution is 2.44. The Balaban J connectivity index is 1.94. The highest BCUT2D eigenvalue weighted by atomic mass is 16.3. The Hall–Kier alpha value is -3.90. The number of benzene rings is 3. The van der Waals surface area contributed by atoms with Crippen molar-refractivity contribution in [2.24, 2.45) is 7.05 Å². The number of rotatable bonds is 2. The molecule has 0 bridgehead atoms. The van der Waals surface area contributed by atoms with Crippen LogP contribution in [0.15, 0.2) is 77.3 Å². The van der Waals surface area contributed by atoms with Crippen molar-refractivity contribution in [3.05, 3.63) is 95.4 Å². The van der Waals surface area contributed by atoms with E-state index in [1.165, 1.54) is 0 Å². The fourth-order valence-corrected chi connectivity index (χ4v) is 4.16. The lowest BCUT2D eigenvalue weighted by atomic mass is 9.96. The van der Waals surface area contributed by atoms with E-state index in [1.807, 2.05) is 61.1 Å². The molecule has 0 saturated heterocycles. The monoisotopic (exact) mass is 390 g/mol. The van der Waals surface area contributed by atoms with Crippen LogP contribution < -0.4 is 4.57 Å². The third kappa shape index (κ3) is 2.69. The SMILES string of the molecule is [2H]c1c[n+](C)c(-c2c(C)ccc3c2oc2c([N+]#[C-])ccc(-c4ccccc4)c23)cc1C. The van der Waals surface area contributed by atoms with Crippen LogP contribution in [0, 0.1) is 20.4 Å². The number of aromatic nitrogens is 1. The summed E-state index contributed by atoms with van der Waals surface area (Å²) in [6.45, 7) is 11.7. The maximum absolute atomic E-state index is 8.12. The molecule has 0 aliphatic carbocycles. The van der Waals surface area contributed by atoms with E-state index in [1.54, 1.807) is 0 Å². The van der Waals surface area contributed by atoms with Crippen LogP contribution in [0.5, 0.6) is 0 Å². The van der Waals surface area contributed by atoms with Crippen LogP contribution in [0.1, 0.15) is 12.5 Å². The maximum atomic E-state index is 8.12. The van der Waals surface area contributed by atoms with E-state index in [9.17, 15) is 0 Å². The maximum Gasteiger partial charge on any atom is 0.229 e. The number of aryl methyl sites for hydroxylation is 3. The van der Waals surface area contributed by atoms with Gasteiger partial charge in [0.15, 0.2) is 6.20 Å². The number of fused-ring (bicyclic) bond motifs is 3. The third-order valence-electron chi connectivity index (χ3n) is 5.66. The van der Waals surface area contributed by atoms with Gasteiger partial charge in [-0.3, -0.25) is 0 Å². The first-order chi connectivity index (χ1) is 15.0. The van der Waals surface area contributed by atoms with Crippen molar-refractivity contribution in [3.63, 3.8) is 0 Å². The van der Waals surface area contributed by atoms with Crippen LogP contribution in [-0.4, -0.2) is 0 Å². The van der Waals surface area contributed by atoms with Gasteiger partial charge in [0, 0.05) is 22.9 Å². The number of furan rings is 1. The second-order valence-electron chi connectivity index (χ2n) is 7.65. The fraction of sp³-hybridized carbons (Fsp3) is 0.111. The molecular weight excluding hydrogens is 368 g/mol. The van der Waals surface area contributed by atoms with E-state index >= 15 is 0 Å². The lowest BCUT2D eigenvalue weighted by Crippen LogP contribution is -2.30. The Kier molecular flexibility index (Phi) is 3.89. The second kappa shape index (κ2) is 6.86. The molecule has 3 aromatic carbocycles. The fourth-order valence-electron chi connectivity index (χ4n) is 4.16. The molecule has 0 aliphatic heterocycles. The molecule has 0 fully saturated rings. The van der Waals surface area contributed by atoms with Gasteiger partial charge in [-0.25, -0.2) is 9.41 Å². The Labute approximate surface area is 177 Å². The molecule has 0 aliphatic rings. The number of pyridine rings is 1. The highest BCUT2D eigenvalue weighted by molar-refractivity contribution is 6.18. The minimum absolute atomic E-state index is 0.502. The van der Waals surface area contributed by atoms with Gasteiger partial charge in [0.1, 0.15) is 18.2 Å². The van der Waals surface area contributed by atoms with Crippen LogP contribution in [0.4, 0.5) is 5.69 Å². The van der Waals surface area contributed by atoms with Crippen molar-refractivity contribution < 1.29 is 10.4 Å². The molecule has 2 heterocycles. The van der Waals surface area contributed by atoms with Crippen molar-refractivity contribution >= 4 is 27.6 Å². The number of hydrogen-bond acceptors (Lipinski definition) is 1. The smallest absolute Gasteiger partial charge is 0.229 e. The zero-order valence-corrected chi connectivity index (χ0v) is 17.2. The molecular formula is C27H21N2O+. The highest BCUT2D eigenvalue weighted by Gasteiger charge is 2.23. The lowest BCUT2D eigenvalue weighted by Gasteiger charge is -2.07. The second-order valence-corrected chi connectivity index (χ2v) is 7.65. The summed E-state index contributed by atoms with van der Waals surface area (Å²) in [5.41, 5.74) is 8.03. The van der Waals surface area contributed by atoms with Gasteiger partial charge >= 0.3 is 0 Å². The van der Waals surface area contributed by atoms with Crippen LogP contribution in [-0.2, 0) is 7.05 Å². The minimum atomic E-state index is 0.502.